The fourth-order valence-electron chi connectivity index (χ4n) is 0.973. The normalized spacial score (nSPS) is 9.93. The lowest BCUT2D eigenvalue weighted by Crippen LogP contribution is -2.26. The molecule has 3 nitrogen and oxygen atoms in total. The third-order valence-electron chi connectivity index (χ3n) is 1.59. The molecule has 0 radical (unpaired) electrons. The molecule has 0 aliphatic heterocycles. The van der Waals surface area contributed by atoms with Crippen molar-refractivity contribution in [1.82, 2.24) is 5.32 Å². The number of rotatable bonds is 3. The molecule has 0 unspecified atom stereocenters. The van der Waals surface area contributed by atoms with Crippen molar-refractivity contribution in [2.24, 2.45) is 0 Å². The van der Waals surface area contributed by atoms with Crippen LogP contribution in [0.15, 0.2) is 18.2 Å². The number of benzene rings is 1. The van der Waals surface area contributed by atoms with Crippen LogP contribution in [-0.2, 0) is 0 Å². The molecule has 0 aliphatic rings. The van der Waals surface area contributed by atoms with E-state index in [4.69, 9.17) is 28.3 Å². The van der Waals surface area contributed by atoms with E-state index in [1.165, 1.54) is 0 Å². The molecule has 0 spiro atoms. The van der Waals surface area contributed by atoms with Crippen LogP contribution in [0, 0.1) is 0 Å². The number of aliphatic hydroxyl groups excluding tert-OH is 1. The highest BCUT2D eigenvalue weighted by molar-refractivity contribution is 6.39. The zero-order valence-corrected chi connectivity index (χ0v) is 8.77. The van der Waals surface area contributed by atoms with E-state index >= 15 is 0 Å². The van der Waals surface area contributed by atoms with Gasteiger partial charge in [-0.15, -0.1) is 0 Å². The van der Waals surface area contributed by atoms with E-state index < -0.39 is 0 Å². The number of hydrogen-bond donors (Lipinski definition) is 2. The Morgan fingerprint density at radius 2 is 1.93 bits per heavy atom. The molecule has 5 heteroatoms. The van der Waals surface area contributed by atoms with E-state index in [2.05, 4.69) is 5.32 Å². The van der Waals surface area contributed by atoms with Crippen molar-refractivity contribution in [2.45, 2.75) is 0 Å². The van der Waals surface area contributed by atoms with E-state index in [1.54, 1.807) is 18.2 Å². The Kier molecular flexibility index (Phi) is 4.20. The molecule has 0 fully saturated rings. The lowest BCUT2D eigenvalue weighted by Gasteiger charge is -2.06. The Labute approximate surface area is 91.6 Å². The average Bonchev–Trinajstić information content (AvgIpc) is 2.14. The van der Waals surface area contributed by atoms with Gasteiger partial charge in [-0.2, -0.15) is 0 Å². The maximum atomic E-state index is 11.5. The first-order valence-electron chi connectivity index (χ1n) is 4.00. The Hall–Kier alpha value is -0.770. The number of nitrogens with one attached hydrogen (secondary N) is 1. The van der Waals surface area contributed by atoms with Crippen LogP contribution in [-0.4, -0.2) is 24.2 Å². The summed E-state index contributed by atoms with van der Waals surface area (Å²) in [5.74, 6) is -0.380. The molecule has 0 atom stereocenters. The molecule has 14 heavy (non-hydrogen) atoms. The highest BCUT2D eigenvalue weighted by atomic mass is 35.5. The average molecular weight is 234 g/mol. The van der Waals surface area contributed by atoms with Crippen molar-refractivity contribution < 1.29 is 9.90 Å². The lowest BCUT2D eigenvalue weighted by atomic mass is 10.2. The Morgan fingerprint density at radius 1 is 1.36 bits per heavy atom. The molecule has 0 aliphatic carbocycles. The maximum Gasteiger partial charge on any atom is 0.254 e. The van der Waals surface area contributed by atoms with Crippen LogP contribution in [0.1, 0.15) is 10.4 Å². The van der Waals surface area contributed by atoms with Gasteiger partial charge in [-0.05, 0) is 12.1 Å². The summed E-state index contributed by atoms with van der Waals surface area (Å²) in [6, 6.07) is 4.83. The largest absolute Gasteiger partial charge is 0.395 e. The highest BCUT2D eigenvalue weighted by Crippen LogP contribution is 2.23. The zero-order chi connectivity index (χ0) is 10.6. The highest BCUT2D eigenvalue weighted by Gasteiger charge is 2.13. The standard InChI is InChI=1S/C9H9Cl2NO2/c10-6-2-1-3-7(11)8(6)9(14)12-4-5-13/h1-3,13H,4-5H2,(H,12,14). The molecule has 1 amide bonds. The predicted octanol–water partition coefficient (Wildman–Crippen LogP) is 1.72. The number of carbonyl (C=O) groups excluding carboxylic acids is 1. The van der Waals surface area contributed by atoms with Crippen LogP contribution < -0.4 is 5.32 Å². The quantitative estimate of drug-likeness (QED) is 0.836. The maximum absolute atomic E-state index is 11.5. The Morgan fingerprint density at radius 3 is 2.43 bits per heavy atom. The van der Waals surface area contributed by atoms with Crippen molar-refractivity contribution in [3.63, 3.8) is 0 Å². The van der Waals surface area contributed by atoms with Crippen molar-refractivity contribution in [1.29, 1.82) is 0 Å². The summed E-state index contributed by atoms with van der Waals surface area (Å²) >= 11 is 11.6. The summed E-state index contributed by atoms with van der Waals surface area (Å²) in [5, 5.41) is 11.6. The summed E-state index contributed by atoms with van der Waals surface area (Å²) in [6.07, 6.45) is 0. The molecule has 1 rings (SSSR count). The van der Waals surface area contributed by atoms with Crippen LogP contribution >= 0.6 is 23.2 Å². The number of aliphatic hydroxyl groups is 1. The van der Waals surface area contributed by atoms with E-state index in [-0.39, 0.29) is 24.6 Å². The molecule has 0 aromatic heterocycles. The first-order valence-corrected chi connectivity index (χ1v) is 4.75. The second kappa shape index (κ2) is 5.20. The topological polar surface area (TPSA) is 49.3 Å². The van der Waals surface area contributed by atoms with Gasteiger partial charge in [0.15, 0.2) is 0 Å². The van der Waals surface area contributed by atoms with Gasteiger partial charge in [0.05, 0.1) is 22.2 Å². The molecular formula is C9H9Cl2NO2. The number of carbonyl (C=O) groups is 1. The molecule has 2 N–H and O–H groups in total. The van der Waals surface area contributed by atoms with Crippen molar-refractivity contribution in [3.05, 3.63) is 33.8 Å². The third-order valence-corrected chi connectivity index (χ3v) is 2.22. The van der Waals surface area contributed by atoms with Crippen molar-refractivity contribution >= 4 is 29.1 Å². The first-order chi connectivity index (χ1) is 6.66. The Balaban J connectivity index is 2.89. The number of halogens is 2. The van der Waals surface area contributed by atoms with Crippen LogP contribution in [0.25, 0.3) is 0 Å². The lowest BCUT2D eigenvalue weighted by molar-refractivity contribution is 0.0945. The van der Waals surface area contributed by atoms with Gasteiger partial charge in [0.2, 0.25) is 0 Å². The van der Waals surface area contributed by atoms with Gasteiger partial charge in [0, 0.05) is 6.54 Å². The molecule has 0 saturated carbocycles. The third kappa shape index (κ3) is 2.61. The van der Waals surface area contributed by atoms with Gasteiger partial charge < -0.3 is 10.4 Å². The predicted molar refractivity (Wildman–Crippen MR) is 55.9 cm³/mol. The molecule has 1 aromatic carbocycles. The van der Waals surface area contributed by atoms with Gasteiger partial charge in [-0.1, -0.05) is 29.3 Å². The van der Waals surface area contributed by atoms with Crippen LogP contribution in [0.2, 0.25) is 10.0 Å². The molecule has 0 bridgehead atoms. The summed E-state index contributed by atoms with van der Waals surface area (Å²) in [6.45, 7) is 0.0637. The summed E-state index contributed by atoms with van der Waals surface area (Å²) in [7, 11) is 0. The minimum Gasteiger partial charge on any atom is -0.395 e. The van der Waals surface area contributed by atoms with Crippen molar-refractivity contribution in [2.75, 3.05) is 13.2 Å². The van der Waals surface area contributed by atoms with Gasteiger partial charge >= 0.3 is 0 Å². The summed E-state index contributed by atoms with van der Waals surface area (Å²) in [4.78, 5) is 11.5. The molecular weight excluding hydrogens is 225 g/mol. The van der Waals surface area contributed by atoms with E-state index in [0.29, 0.717) is 10.0 Å². The van der Waals surface area contributed by atoms with E-state index in [1.807, 2.05) is 0 Å². The zero-order valence-electron chi connectivity index (χ0n) is 7.26. The van der Waals surface area contributed by atoms with Gasteiger partial charge in [-0.3, -0.25) is 4.79 Å². The second-order valence-electron chi connectivity index (χ2n) is 2.58. The van der Waals surface area contributed by atoms with Gasteiger partial charge in [0.1, 0.15) is 0 Å². The molecule has 0 saturated heterocycles. The SMILES string of the molecule is O=C(NCCO)c1c(Cl)cccc1Cl. The van der Waals surface area contributed by atoms with Crippen molar-refractivity contribution in [3.8, 4) is 0 Å². The molecule has 76 valence electrons. The van der Waals surface area contributed by atoms with Gasteiger partial charge in [-0.25, -0.2) is 0 Å². The van der Waals surface area contributed by atoms with Gasteiger partial charge in [0.25, 0.3) is 5.91 Å². The minimum absolute atomic E-state index is 0.117. The van der Waals surface area contributed by atoms with Crippen LogP contribution in [0.4, 0.5) is 0 Å². The van der Waals surface area contributed by atoms with E-state index in [9.17, 15) is 4.79 Å². The Bertz CT molecular complexity index is 321. The van der Waals surface area contributed by atoms with Crippen LogP contribution in [0.5, 0.6) is 0 Å². The monoisotopic (exact) mass is 233 g/mol. The number of hydrogen-bond acceptors (Lipinski definition) is 2. The fraction of sp³-hybridized carbons (Fsp3) is 0.222. The molecule has 1 aromatic rings. The minimum atomic E-state index is -0.380. The first kappa shape index (κ1) is 11.3. The second-order valence-corrected chi connectivity index (χ2v) is 3.39. The smallest absolute Gasteiger partial charge is 0.254 e. The summed E-state index contributed by atoms with van der Waals surface area (Å²) < 4.78 is 0. The molecule has 0 heterocycles. The van der Waals surface area contributed by atoms with E-state index in [0.717, 1.165) is 0 Å². The summed E-state index contributed by atoms with van der Waals surface area (Å²) in [5.41, 5.74) is 0.240. The van der Waals surface area contributed by atoms with Crippen LogP contribution in [0.3, 0.4) is 0 Å². The fourth-order valence-corrected chi connectivity index (χ4v) is 1.54. The number of amides is 1.